The maximum atomic E-state index is 12.0. The second kappa shape index (κ2) is 8.34. The van der Waals surface area contributed by atoms with Crippen molar-refractivity contribution in [3.63, 3.8) is 0 Å². The van der Waals surface area contributed by atoms with Gasteiger partial charge in [0.15, 0.2) is 6.54 Å². The number of halogens is 2. The molecule has 0 radical (unpaired) electrons. The molecule has 0 saturated carbocycles. The molecule has 0 bridgehead atoms. The number of nitrogens with one attached hydrogen (secondary N) is 2. The van der Waals surface area contributed by atoms with Crippen LogP contribution < -0.4 is 10.2 Å². The molecular formula is C18H21Cl2N2O+. The van der Waals surface area contributed by atoms with Gasteiger partial charge in [-0.1, -0.05) is 59.1 Å². The van der Waals surface area contributed by atoms with Gasteiger partial charge in [-0.2, -0.15) is 0 Å². The number of aryl methyl sites for hydroxylation is 1. The lowest BCUT2D eigenvalue weighted by Crippen LogP contribution is -3.08. The van der Waals surface area contributed by atoms with Gasteiger partial charge in [-0.15, -0.1) is 0 Å². The number of likely N-dealkylation sites (N-methyl/N-ethyl adjacent to an activating group) is 1. The largest absolute Gasteiger partial charge is 0.347 e. The molecule has 0 aliphatic rings. The average molecular weight is 352 g/mol. The molecule has 0 aromatic heterocycles. The fourth-order valence-electron chi connectivity index (χ4n) is 2.30. The van der Waals surface area contributed by atoms with Crippen LogP contribution in [0.25, 0.3) is 0 Å². The van der Waals surface area contributed by atoms with E-state index in [2.05, 4.69) is 5.32 Å². The maximum Gasteiger partial charge on any atom is 0.275 e. The van der Waals surface area contributed by atoms with Crippen molar-refractivity contribution in [2.75, 3.05) is 13.6 Å². The third-order valence-electron chi connectivity index (χ3n) is 3.56. The van der Waals surface area contributed by atoms with E-state index in [9.17, 15) is 4.79 Å². The van der Waals surface area contributed by atoms with Crippen molar-refractivity contribution in [2.24, 2.45) is 0 Å². The van der Waals surface area contributed by atoms with Crippen LogP contribution in [0.5, 0.6) is 0 Å². The summed E-state index contributed by atoms with van der Waals surface area (Å²) in [6, 6.07) is 13.7. The fourth-order valence-corrected chi connectivity index (χ4v) is 2.62. The molecule has 23 heavy (non-hydrogen) atoms. The quantitative estimate of drug-likeness (QED) is 0.823. The number of amides is 1. The Labute approximate surface area is 147 Å². The highest BCUT2D eigenvalue weighted by Crippen LogP contribution is 2.22. The van der Waals surface area contributed by atoms with Crippen LogP contribution in [0.4, 0.5) is 0 Å². The van der Waals surface area contributed by atoms with E-state index >= 15 is 0 Å². The van der Waals surface area contributed by atoms with Crippen molar-refractivity contribution >= 4 is 29.1 Å². The summed E-state index contributed by atoms with van der Waals surface area (Å²) in [7, 11) is 1.98. The average Bonchev–Trinajstić information content (AvgIpc) is 2.50. The Hall–Kier alpha value is -1.55. The predicted molar refractivity (Wildman–Crippen MR) is 94.9 cm³/mol. The molecule has 122 valence electrons. The number of benzene rings is 2. The van der Waals surface area contributed by atoms with Crippen LogP contribution >= 0.6 is 23.2 Å². The molecule has 5 heteroatoms. The van der Waals surface area contributed by atoms with E-state index in [0.717, 1.165) is 22.6 Å². The molecule has 1 atom stereocenters. The third-order valence-corrected chi connectivity index (χ3v) is 4.30. The number of carbonyl (C=O) groups is 1. The van der Waals surface area contributed by atoms with Crippen LogP contribution in [-0.4, -0.2) is 19.5 Å². The molecule has 1 amide bonds. The summed E-state index contributed by atoms with van der Waals surface area (Å²) < 4.78 is 0. The van der Waals surface area contributed by atoms with E-state index in [1.165, 1.54) is 5.56 Å². The van der Waals surface area contributed by atoms with Gasteiger partial charge in [-0.05, 0) is 24.6 Å². The molecule has 3 nitrogen and oxygen atoms in total. The highest BCUT2D eigenvalue weighted by molar-refractivity contribution is 6.42. The van der Waals surface area contributed by atoms with E-state index < -0.39 is 0 Å². The van der Waals surface area contributed by atoms with Crippen molar-refractivity contribution in [3.05, 3.63) is 69.2 Å². The molecule has 2 aromatic carbocycles. The lowest BCUT2D eigenvalue weighted by Gasteiger charge is -2.14. The van der Waals surface area contributed by atoms with Crippen molar-refractivity contribution < 1.29 is 9.69 Å². The first kappa shape index (κ1) is 17.8. The third kappa shape index (κ3) is 5.87. The second-order valence-corrected chi connectivity index (χ2v) is 6.64. The van der Waals surface area contributed by atoms with Crippen molar-refractivity contribution in [1.82, 2.24) is 5.32 Å². The van der Waals surface area contributed by atoms with Crippen molar-refractivity contribution in [3.8, 4) is 0 Å². The van der Waals surface area contributed by atoms with E-state index in [1.54, 1.807) is 6.07 Å². The van der Waals surface area contributed by atoms with Gasteiger partial charge in [-0.3, -0.25) is 4.79 Å². The minimum Gasteiger partial charge on any atom is -0.347 e. The van der Waals surface area contributed by atoms with Gasteiger partial charge < -0.3 is 10.2 Å². The lowest BCUT2D eigenvalue weighted by molar-refractivity contribution is -0.885. The van der Waals surface area contributed by atoms with Gasteiger partial charge in [0.05, 0.1) is 17.1 Å². The number of carbonyl (C=O) groups excluding carboxylic acids is 1. The van der Waals surface area contributed by atoms with Gasteiger partial charge in [0.25, 0.3) is 5.91 Å². The molecule has 0 fully saturated rings. The van der Waals surface area contributed by atoms with Crippen LogP contribution in [0, 0.1) is 6.92 Å². The Morgan fingerprint density at radius 3 is 2.35 bits per heavy atom. The van der Waals surface area contributed by atoms with E-state index in [0.29, 0.717) is 23.1 Å². The van der Waals surface area contributed by atoms with E-state index in [1.807, 2.05) is 50.4 Å². The Morgan fingerprint density at radius 1 is 1.04 bits per heavy atom. The molecular weight excluding hydrogens is 331 g/mol. The Balaban J connectivity index is 1.79. The smallest absolute Gasteiger partial charge is 0.275 e. The fraction of sp³-hybridized carbons (Fsp3) is 0.278. The minimum absolute atomic E-state index is 0.0307. The summed E-state index contributed by atoms with van der Waals surface area (Å²) in [6.45, 7) is 3.73. The number of hydrogen-bond acceptors (Lipinski definition) is 1. The van der Waals surface area contributed by atoms with Crippen LogP contribution in [0.1, 0.15) is 16.7 Å². The Bertz CT molecular complexity index is 671. The molecule has 0 aliphatic carbocycles. The zero-order valence-electron chi connectivity index (χ0n) is 13.3. The van der Waals surface area contributed by atoms with Crippen molar-refractivity contribution in [1.29, 1.82) is 0 Å². The predicted octanol–water partition coefficient (Wildman–Crippen LogP) is 2.63. The van der Waals surface area contributed by atoms with Crippen LogP contribution in [0.3, 0.4) is 0 Å². The minimum atomic E-state index is 0.0307. The molecule has 2 rings (SSSR count). The van der Waals surface area contributed by atoms with Crippen molar-refractivity contribution in [2.45, 2.75) is 20.0 Å². The van der Waals surface area contributed by atoms with E-state index in [4.69, 9.17) is 23.2 Å². The molecule has 0 heterocycles. The van der Waals surface area contributed by atoms with Crippen LogP contribution in [-0.2, 0) is 17.9 Å². The monoisotopic (exact) mass is 351 g/mol. The summed E-state index contributed by atoms with van der Waals surface area (Å²) >= 11 is 11.9. The maximum absolute atomic E-state index is 12.0. The standard InChI is InChI=1S/C18H20Cl2N2O/c1-13-3-5-14(6-4-13)10-21-18(23)12-22(2)11-15-7-8-16(19)17(20)9-15/h3-9H,10-12H2,1-2H3,(H,21,23)/p+1. The van der Waals surface area contributed by atoms with Crippen LogP contribution in [0.2, 0.25) is 10.0 Å². The number of hydrogen-bond donors (Lipinski definition) is 2. The van der Waals surface area contributed by atoms with Gasteiger partial charge in [-0.25, -0.2) is 0 Å². The second-order valence-electron chi connectivity index (χ2n) is 5.82. The molecule has 2 aromatic rings. The summed E-state index contributed by atoms with van der Waals surface area (Å²) in [5.41, 5.74) is 3.38. The first-order chi connectivity index (χ1) is 10.9. The Morgan fingerprint density at radius 2 is 1.70 bits per heavy atom. The lowest BCUT2D eigenvalue weighted by atomic mass is 10.1. The molecule has 1 unspecified atom stereocenters. The zero-order valence-corrected chi connectivity index (χ0v) is 14.8. The Kier molecular flexibility index (Phi) is 6.46. The van der Waals surface area contributed by atoms with Gasteiger partial charge in [0, 0.05) is 12.1 Å². The van der Waals surface area contributed by atoms with Gasteiger partial charge in [0.1, 0.15) is 6.54 Å². The number of quaternary nitrogens is 1. The molecule has 2 N–H and O–H groups in total. The topological polar surface area (TPSA) is 33.5 Å². The van der Waals surface area contributed by atoms with Gasteiger partial charge in [0.2, 0.25) is 0 Å². The highest BCUT2D eigenvalue weighted by atomic mass is 35.5. The van der Waals surface area contributed by atoms with E-state index in [-0.39, 0.29) is 5.91 Å². The summed E-state index contributed by atoms with van der Waals surface area (Å²) in [5.74, 6) is 0.0307. The normalized spacial score (nSPS) is 12.0. The molecule has 0 saturated heterocycles. The summed E-state index contributed by atoms with van der Waals surface area (Å²) in [4.78, 5) is 13.1. The first-order valence-electron chi connectivity index (χ1n) is 7.51. The zero-order chi connectivity index (χ0) is 16.8. The first-order valence-corrected chi connectivity index (χ1v) is 8.27. The highest BCUT2D eigenvalue weighted by Gasteiger charge is 2.11. The molecule has 0 spiro atoms. The summed E-state index contributed by atoms with van der Waals surface area (Å²) in [6.07, 6.45) is 0. The van der Waals surface area contributed by atoms with Gasteiger partial charge >= 0.3 is 0 Å². The number of rotatable bonds is 6. The SMILES string of the molecule is Cc1ccc(CNC(=O)C[NH+](C)Cc2ccc(Cl)c(Cl)c2)cc1. The van der Waals surface area contributed by atoms with Crippen LogP contribution in [0.15, 0.2) is 42.5 Å². The summed E-state index contributed by atoms with van der Waals surface area (Å²) in [5, 5.41) is 4.04. The molecule has 0 aliphatic heterocycles.